The normalized spacial score (nSPS) is 11.8. The minimum Gasteiger partial charge on any atom is -0.309 e. The van der Waals surface area contributed by atoms with Crippen molar-refractivity contribution in [1.82, 2.24) is 4.98 Å². The van der Waals surface area contributed by atoms with Crippen molar-refractivity contribution in [2.45, 2.75) is 33.1 Å². The third kappa shape index (κ3) is 5.89. The van der Waals surface area contributed by atoms with E-state index < -0.39 is 7.14 Å². The van der Waals surface area contributed by atoms with Crippen LogP contribution in [0, 0.1) is 6.92 Å². The van der Waals surface area contributed by atoms with Crippen LogP contribution in [0.15, 0.2) is 146 Å². The van der Waals surface area contributed by atoms with Gasteiger partial charge in [-0.05, 0) is 41.2 Å². The fraction of sp³-hybridized carbons (Fsp3) is 0.125. The van der Waals surface area contributed by atoms with Gasteiger partial charge in [-0.3, -0.25) is 0 Å². The molecule has 5 aromatic carbocycles. The van der Waals surface area contributed by atoms with Crippen LogP contribution < -0.4 is 15.9 Å². The average Bonchev–Trinajstić information content (AvgIpc) is 3.05. The highest BCUT2D eigenvalue weighted by molar-refractivity contribution is 7.85. The number of hydrogen-bond donors (Lipinski definition) is 0. The Morgan fingerprint density at radius 2 is 0.907 bits per heavy atom. The Morgan fingerprint density at radius 3 is 1.37 bits per heavy atom. The lowest BCUT2D eigenvalue weighted by atomic mass is 9.86. The van der Waals surface area contributed by atoms with Crippen LogP contribution in [0.2, 0.25) is 0 Å². The van der Waals surface area contributed by atoms with Gasteiger partial charge >= 0.3 is 0 Å². The van der Waals surface area contributed by atoms with Crippen LogP contribution in [0.3, 0.4) is 0 Å². The molecule has 43 heavy (non-hydrogen) atoms. The first-order valence-electron chi connectivity index (χ1n) is 14.7. The van der Waals surface area contributed by atoms with Gasteiger partial charge in [-0.1, -0.05) is 160 Å². The van der Waals surface area contributed by atoms with Gasteiger partial charge in [-0.2, -0.15) is 0 Å². The Balaban J connectivity index is 1.45. The lowest BCUT2D eigenvalue weighted by Crippen LogP contribution is -2.24. The molecule has 0 radical (unpaired) electrons. The summed E-state index contributed by atoms with van der Waals surface area (Å²) in [6, 6.07) is 49.4. The van der Waals surface area contributed by atoms with Crippen LogP contribution >= 0.6 is 7.14 Å². The Labute approximate surface area is 255 Å². The topological polar surface area (TPSA) is 30.0 Å². The molecular formula is C40H36NOP. The predicted octanol–water partition coefficient (Wildman–Crippen LogP) is 9.33. The zero-order chi connectivity index (χ0) is 30.0. The number of rotatable bonds is 6. The van der Waals surface area contributed by atoms with Crippen LogP contribution in [0.5, 0.6) is 0 Å². The maximum absolute atomic E-state index is 14.9. The first-order valence-corrected chi connectivity index (χ1v) is 16.4. The van der Waals surface area contributed by atoms with Gasteiger partial charge in [-0.15, -0.1) is 0 Å². The molecule has 2 nitrogen and oxygen atoms in total. The fourth-order valence-corrected chi connectivity index (χ4v) is 8.09. The Hall–Kier alpha value is -4.52. The zero-order valence-corrected chi connectivity index (χ0v) is 26.1. The van der Waals surface area contributed by atoms with Crippen molar-refractivity contribution >= 4 is 23.1 Å². The van der Waals surface area contributed by atoms with Crippen LogP contribution in [0.4, 0.5) is 0 Å². The summed E-state index contributed by atoms with van der Waals surface area (Å²) in [5, 5.41) is 2.49. The molecule has 6 rings (SSSR count). The summed E-state index contributed by atoms with van der Waals surface area (Å²) in [6.45, 7) is 8.79. The van der Waals surface area contributed by atoms with Gasteiger partial charge in [0.25, 0.3) is 0 Å². The van der Waals surface area contributed by atoms with Crippen molar-refractivity contribution in [3.63, 3.8) is 0 Å². The minimum atomic E-state index is -3.04. The number of nitrogens with zero attached hydrogens (tertiary/aromatic N) is 1. The van der Waals surface area contributed by atoms with E-state index in [1.807, 2.05) is 72.8 Å². The molecule has 3 heteroatoms. The van der Waals surface area contributed by atoms with Gasteiger partial charge in [0.1, 0.15) is 0 Å². The molecule has 0 bridgehead atoms. The van der Waals surface area contributed by atoms with E-state index in [0.717, 1.165) is 49.6 Å². The second kappa shape index (κ2) is 11.6. The minimum absolute atomic E-state index is 0.0849. The molecule has 0 unspecified atom stereocenters. The molecule has 0 saturated carbocycles. The number of hydrogen-bond acceptors (Lipinski definition) is 2. The van der Waals surface area contributed by atoms with E-state index in [0.29, 0.717) is 0 Å². The Bertz CT molecular complexity index is 1840. The number of benzene rings is 5. The quantitative estimate of drug-likeness (QED) is 0.185. The van der Waals surface area contributed by atoms with Gasteiger partial charge < -0.3 is 4.57 Å². The summed E-state index contributed by atoms with van der Waals surface area (Å²) in [5.41, 5.74) is 8.74. The first-order chi connectivity index (χ1) is 20.7. The first kappa shape index (κ1) is 28.6. The van der Waals surface area contributed by atoms with Crippen LogP contribution in [0.1, 0.15) is 31.9 Å². The lowest BCUT2D eigenvalue weighted by Gasteiger charge is -2.20. The van der Waals surface area contributed by atoms with Crippen molar-refractivity contribution < 1.29 is 4.57 Å². The van der Waals surface area contributed by atoms with E-state index in [4.69, 9.17) is 4.98 Å². The standard InChI is InChI=1S/C40H36NOP/c1-29-15-17-31(18-16-29)38-27-33(28-39(41-38)32-19-23-34(24-20-32)40(2,3)4)30-21-25-37(26-22-30)43(42,35-11-7-5-8-12-35)36-13-9-6-10-14-36/h5-28H,1-4H3. The molecule has 6 aromatic rings. The number of aryl methyl sites for hydroxylation is 1. The highest BCUT2D eigenvalue weighted by Gasteiger charge is 2.29. The van der Waals surface area contributed by atoms with Gasteiger partial charge in [-0.25, -0.2) is 4.98 Å². The molecule has 212 valence electrons. The number of pyridine rings is 1. The van der Waals surface area contributed by atoms with Gasteiger partial charge in [0, 0.05) is 27.0 Å². The van der Waals surface area contributed by atoms with Crippen LogP contribution in [0.25, 0.3) is 33.6 Å². The molecule has 0 aliphatic carbocycles. The summed E-state index contributed by atoms with van der Waals surface area (Å²) in [6.07, 6.45) is 0. The monoisotopic (exact) mass is 577 g/mol. The second-order valence-electron chi connectivity index (χ2n) is 12.1. The van der Waals surface area contributed by atoms with E-state index in [1.54, 1.807) is 0 Å². The Morgan fingerprint density at radius 1 is 0.488 bits per heavy atom. The third-order valence-electron chi connectivity index (χ3n) is 8.02. The molecule has 1 heterocycles. The van der Waals surface area contributed by atoms with Crippen molar-refractivity contribution in [1.29, 1.82) is 0 Å². The van der Waals surface area contributed by atoms with Gasteiger partial charge in [0.15, 0.2) is 7.14 Å². The summed E-state index contributed by atoms with van der Waals surface area (Å²) in [7, 11) is -3.04. The van der Waals surface area contributed by atoms with Crippen molar-refractivity contribution in [3.8, 4) is 33.6 Å². The predicted molar refractivity (Wildman–Crippen MR) is 183 cm³/mol. The molecular weight excluding hydrogens is 541 g/mol. The molecule has 0 saturated heterocycles. The van der Waals surface area contributed by atoms with E-state index >= 15 is 0 Å². The smallest absolute Gasteiger partial charge is 0.171 e. The van der Waals surface area contributed by atoms with Gasteiger partial charge in [0.05, 0.1) is 11.4 Å². The van der Waals surface area contributed by atoms with E-state index in [1.165, 1.54) is 11.1 Å². The maximum Gasteiger partial charge on any atom is 0.171 e. The molecule has 0 aliphatic rings. The van der Waals surface area contributed by atoms with E-state index in [-0.39, 0.29) is 5.41 Å². The highest BCUT2D eigenvalue weighted by Crippen LogP contribution is 2.42. The van der Waals surface area contributed by atoms with E-state index in [2.05, 4.69) is 100 Å². The molecule has 0 aliphatic heterocycles. The van der Waals surface area contributed by atoms with Crippen molar-refractivity contribution in [2.75, 3.05) is 0 Å². The van der Waals surface area contributed by atoms with Crippen molar-refractivity contribution in [3.05, 3.63) is 157 Å². The molecule has 1 aromatic heterocycles. The number of aromatic nitrogens is 1. The summed E-state index contributed by atoms with van der Waals surface area (Å²) in [4.78, 5) is 5.11. The van der Waals surface area contributed by atoms with Crippen LogP contribution in [-0.4, -0.2) is 4.98 Å². The molecule has 0 amide bonds. The molecule has 0 atom stereocenters. The largest absolute Gasteiger partial charge is 0.309 e. The van der Waals surface area contributed by atoms with Gasteiger partial charge in [0.2, 0.25) is 0 Å². The van der Waals surface area contributed by atoms with Crippen LogP contribution in [-0.2, 0) is 9.98 Å². The maximum atomic E-state index is 14.9. The SMILES string of the molecule is Cc1ccc(-c2cc(-c3ccc(P(=O)(c4ccccc4)c4ccccc4)cc3)cc(-c3ccc(C(C)(C)C)cc3)n2)cc1. The summed E-state index contributed by atoms with van der Waals surface area (Å²) in [5.74, 6) is 0. The fourth-order valence-electron chi connectivity index (χ4n) is 5.45. The summed E-state index contributed by atoms with van der Waals surface area (Å²) < 4.78 is 14.9. The molecule has 0 N–H and O–H groups in total. The Kier molecular flexibility index (Phi) is 7.74. The van der Waals surface area contributed by atoms with Crippen molar-refractivity contribution in [2.24, 2.45) is 0 Å². The second-order valence-corrected chi connectivity index (χ2v) is 14.9. The third-order valence-corrected chi connectivity index (χ3v) is 11.1. The lowest BCUT2D eigenvalue weighted by molar-refractivity contribution is 0.590. The molecule has 0 fully saturated rings. The average molecular weight is 578 g/mol. The summed E-state index contributed by atoms with van der Waals surface area (Å²) >= 11 is 0. The zero-order valence-electron chi connectivity index (χ0n) is 25.2. The van der Waals surface area contributed by atoms with E-state index in [9.17, 15) is 4.57 Å². The molecule has 0 spiro atoms. The highest BCUT2D eigenvalue weighted by atomic mass is 31.2.